The third kappa shape index (κ3) is 3.51. The van der Waals surface area contributed by atoms with E-state index in [9.17, 15) is 32.3 Å². The predicted octanol–water partition coefficient (Wildman–Crippen LogP) is 1.60. The van der Waals surface area contributed by atoms with Gasteiger partial charge in [-0.05, 0) is 12.0 Å². The molecule has 2 aromatic rings. The van der Waals surface area contributed by atoms with Crippen LogP contribution in [0.1, 0.15) is 37.3 Å². The summed E-state index contributed by atoms with van der Waals surface area (Å²) < 4.78 is 43.3. The number of carbonyl (C=O) groups is 2. The highest BCUT2D eigenvalue weighted by Crippen LogP contribution is 2.45. The number of halogens is 3. The molecule has 8 nitrogen and oxygen atoms in total. The molecule has 0 radical (unpaired) electrons. The molecule has 0 saturated heterocycles. The summed E-state index contributed by atoms with van der Waals surface area (Å²) in [5.41, 5.74) is -6.48. The van der Waals surface area contributed by atoms with E-state index in [1.54, 1.807) is 42.6 Å². The van der Waals surface area contributed by atoms with Crippen molar-refractivity contribution < 1.29 is 22.8 Å². The number of unbranched alkanes of at least 4 members (excludes halogenated alkanes) is 1. The lowest BCUT2D eigenvalue weighted by atomic mass is 9.91. The number of carbonyl (C=O) groups excluding carboxylic acids is 2. The van der Waals surface area contributed by atoms with Gasteiger partial charge in [-0.3, -0.25) is 23.9 Å². The monoisotopic (exact) mass is 424 g/mol. The molecule has 160 valence electrons. The number of alkyl halides is 3. The molecule has 1 unspecified atom stereocenters. The molecule has 0 saturated carbocycles. The normalized spacial score (nSPS) is 18.1. The highest BCUT2D eigenvalue weighted by atomic mass is 19.4. The summed E-state index contributed by atoms with van der Waals surface area (Å²) in [5, 5.41) is 3.71. The highest BCUT2D eigenvalue weighted by Gasteiger charge is 2.68. The molecule has 1 aliphatic heterocycles. The van der Waals surface area contributed by atoms with Gasteiger partial charge in [0.1, 0.15) is 11.4 Å². The minimum absolute atomic E-state index is 0.198. The van der Waals surface area contributed by atoms with Crippen molar-refractivity contribution in [2.24, 2.45) is 0 Å². The Balaban J connectivity index is 2.20. The number of amides is 2. The molecular weight excluding hydrogens is 405 g/mol. The number of H-pyrrole nitrogens is 1. The Bertz CT molecular complexity index is 1090. The fraction of sp³-hybridized carbons (Fsp3) is 0.368. The number of nitrogens with one attached hydrogen (secondary N) is 3. The third-order valence-electron chi connectivity index (χ3n) is 4.84. The van der Waals surface area contributed by atoms with Gasteiger partial charge in [0, 0.05) is 6.42 Å². The average Bonchev–Trinajstić information content (AvgIpc) is 2.98. The largest absolute Gasteiger partial charge is 0.425 e. The fourth-order valence-corrected chi connectivity index (χ4v) is 3.35. The maximum atomic E-state index is 14.2. The van der Waals surface area contributed by atoms with E-state index >= 15 is 0 Å². The molecule has 1 aliphatic rings. The first kappa shape index (κ1) is 21.3. The smallest absolute Gasteiger partial charge is 0.330 e. The molecule has 2 amide bonds. The first-order valence-electron chi connectivity index (χ1n) is 9.22. The molecule has 11 heteroatoms. The number of rotatable bonds is 6. The van der Waals surface area contributed by atoms with Crippen LogP contribution in [0.2, 0.25) is 0 Å². The van der Waals surface area contributed by atoms with Crippen molar-refractivity contribution in [3.05, 3.63) is 62.3 Å². The van der Waals surface area contributed by atoms with Gasteiger partial charge >= 0.3 is 11.9 Å². The van der Waals surface area contributed by atoms with E-state index in [0.29, 0.717) is 18.4 Å². The van der Waals surface area contributed by atoms with E-state index < -0.39 is 46.2 Å². The Hall–Kier alpha value is -3.37. The molecule has 3 rings (SSSR count). The zero-order valence-electron chi connectivity index (χ0n) is 15.9. The number of benzene rings is 1. The minimum atomic E-state index is -5.33. The van der Waals surface area contributed by atoms with Crippen molar-refractivity contribution in [3.63, 3.8) is 0 Å². The Labute approximate surface area is 168 Å². The SMILES string of the molecule is CCCCC(=O)NC1(C(F)(F)F)C(=O)Nc2c1c(=O)[nH]c(=O)n2Cc1ccccc1. The molecular formula is C19H19F3N4O4. The number of hydrogen-bond acceptors (Lipinski definition) is 4. The van der Waals surface area contributed by atoms with Gasteiger partial charge in [-0.15, -0.1) is 0 Å². The summed E-state index contributed by atoms with van der Waals surface area (Å²) in [6.45, 7) is 1.55. The van der Waals surface area contributed by atoms with E-state index in [1.165, 1.54) is 0 Å². The third-order valence-corrected chi connectivity index (χ3v) is 4.84. The van der Waals surface area contributed by atoms with Crippen molar-refractivity contribution in [1.82, 2.24) is 14.9 Å². The van der Waals surface area contributed by atoms with E-state index in [-0.39, 0.29) is 13.0 Å². The second-order valence-electron chi connectivity index (χ2n) is 6.91. The van der Waals surface area contributed by atoms with Crippen LogP contribution in [0.5, 0.6) is 0 Å². The second kappa shape index (κ2) is 7.81. The molecule has 0 aliphatic carbocycles. The van der Waals surface area contributed by atoms with Crippen molar-refractivity contribution in [2.45, 2.75) is 44.4 Å². The molecule has 3 N–H and O–H groups in total. The minimum Gasteiger partial charge on any atom is -0.330 e. The molecule has 30 heavy (non-hydrogen) atoms. The first-order valence-corrected chi connectivity index (χ1v) is 9.22. The first-order chi connectivity index (χ1) is 14.1. The Morgan fingerprint density at radius 1 is 1.17 bits per heavy atom. The topological polar surface area (TPSA) is 113 Å². The molecule has 0 spiro atoms. The van der Waals surface area contributed by atoms with Gasteiger partial charge < -0.3 is 10.6 Å². The van der Waals surface area contributed by atoms with Gasteiger partial charge in [0.25, 0.3) is 11.5 Å². The van der Waals surface area contributed by atoms with E-state index in [2.05, 4.69) is 0 Å². The van der Waals surface area contributed by atoms with E-state index in [4.69, 9.17) is 0 Å². The maximum absolute atomic E-state index is 14.2. The fourth-order valence-electron chi connectivity index (χ4n) is 3.35. The molecule has 1 aromatic heterocycles. The number of anilines is 1. The van der Waals surface area contributed by atoms with Crippen molar-refractivity contribution in [2.75, 3.05) is 5.32 Å². The van der Waals surface area contributed by atoms with Crippen molar-refractivity contribution >= 4 is 17.6 Å². The second-order valence-corrected chi connectivity index (χ2v) is 6.91. The number of fused-ring (bicyclic) bond motifs is 1. The van der Waals surface area contributed by atoms with Crippen LogP contribution in [0.3, 0.4) is 0 Å². The lowest BCUT2D eigenvalue weighted by Crippen LogP contribution is -2.62. The predicted molar refractivity (Wildman–Crippen MR) is 101 cm³/mol. The van der Waals surface area contributed by atoms with E-state index in [1.807, 2.05) is 10.3 Å². The van der Waals surface area contributed by atoms with Crippen LogP contribution in [0.15, 0.2) is 39.9 Å². The van der Waals surface area contributed by atoms with Gasteiger partial charge in [0.15, 0.2) is 0 Å². The molecule has 2 heterocycles. The van der Waals surface area contributed by atoms with Crippen LogP contribution in [0, 0.1) is 0 Å². The Morgan fingerprint density at radius 3 is 2.43 bits per heavy atom. The maximum Gasteiger partial charge on any atom is 0.425 e. The quantitative estimate of drug-likeness (QED) is 0.654. The number of aromatic nitrogens is 2. The van der Waals surface area contributed by atoms with Crippen LogP contribution < -0.4 is 21.9 Å². The number of aromatic amines is 1. The molecule has 0 fully saturated rings. The standard InChI is InChI=1S/C19H19F3N4O4/c1-2-3-9-12(27)25-18(19(20,21)22)13-14(23-16(18)29)26(17(30)24-15(13)28)10-11-7-5-4-6-8-11/h4-8H,2-3,9-10H2,1H3,(H,23,29)(H,25,27)(H,24,28,30). The summed E-state index contributed by atoms with van der Waals surface area (Å²) in [4.78, 5) is 51.3. The highest BCUT2D eigenvalue weighted by molar-refractivity contribution is 6.07. The Kier molecular flexibility index (Phi) is 5.55. The lowest BCUT2D eigenvalue weighted by molar-refractivity contribution is -0.200. The van der Waals surface area contributed by atoms with Gasteiger partial charge in [-0.2, -0.15) is 13.2 Å². The van der Waals surface area contributed by atoms with Crippen molar-refractivity contribution in [1.29, 1.82) is 0 Å². The number of hydrogen-bond donors (Lipinski definition) is 3. The molecule has 1 atom stereocenters. The van der Waals surface area contributed by atoms with Crippen LogP contribution in [0.4, 0.5) is 19.0 Å². The summed E-state index contributed by atoms with van der Waals surface area (Å²) in [6.07, 6.45) is -4.73. The van der Waals surface area contributed by atoms with Crippen LogP contribution in [0.25, 0.3) is 0 Å². The average molecular weight is 424 g/mol. The van der Waals surface area contributed by atoms with Gasteiger partial charge in [0.05, 0.1) is 6.54 Å². The zero-order chi connectivity index (χ0) is 22.1. The summed E-state index contributed by atoms with van der Waals surface area (Å²) in [6, 6.07) is 8.30. The summed E-state index contributed by atoms with van der Waals surface area (Å²) in [5.74, 6) is -3.27. The molecule has 1 aromatic carbocycles. The van der Waals surface area contributed by atoms with Crippen LogP contribution in [-0.2, 0) is 21.7 Å². The van der Waals surface area contributed by atoms with Crippen LogP contribution >= 0.6 is 0 Å². The molecule has 0 bridgehead atoms. The van der Waals surface area contributed by atoms with E-state index in [0.717, 1.165) is 4.57 Å². The zero-order valence-corrected chi connectivity index (χ0v) is 15.9. The Morgan fingerprint density at radius 2 is 1.83 bits per heavy atom. The van der Waals surface area contributed by atoms with Gasteiger partial charge in [0.2, 0.25) is 11.4 Å². The van der Waals surface area contributed by atoms with Crippen LogP contribution in [-0.4, -0.2) is 27.5 Å². The van der Waals surface area contributed by atoms with Crippen molar-refractivity contribution in [3.8, 4) is 0 Å². The summed E-state index contributed by atoms with van der Waals surface area (Å²) >= 11 is 0. The number of nitrogens with zero attached hydrogens (tertiary/aromatic N) is 1. The van der Waals surface area contributed by atoms with Gasteiger partial charge in [-0.25, -0.2) is 4.79 Å². The van der Waals surface area contributed by atoms with Gasteiger partial charge in [-0.1, -0.05) is 43.7 Å². The lowest BCUT2D eigenvalue weighted by Gasteiger charge is -2.30. The summed E-state index contributed by atoms with van der Waals surface area (Å²) in [7, 11) is 0.